The van der Waals surface area contributed by atoms with Gasteiger partial charge in [-0.05, 0) is 37.1 Å². The zero-order chi connectivity index (χ0) is 23.3. The number of fused-ring (bicyclic) bond motifs is 1. The normalized spacial score (nSPS) is 13.0. The average Bonchev–Trinajstić information content (AvgIpc) is 2.81. The van der Waals surface area contributed by atoms with E-state index in [4.69, 9.17) is 9.73 Å². The minimum Gasteiger partial charge on any atom is -0.458 e. The van der Waals surface area contributed by atoms with Crippen LogP contribution in [0.1, 0.15) is 37.5 Å². The average molecular weight is 436 g/mol. The van der Waals surface area contributed by atoms with Crippen molar-refractivity contribution < 1.29 is 9.53 Å². The molecule has 0 unspecified atom stereocenters. The summed E-state index contributed by atoms with van der Waals surface area (Å²) in [7, 11) is 0. The predicted octanol–water partition coefficient (Wildman–Crippen LogP) is 6.63. The molecule has 0 saturated carbocycles. The van der Waals surface area contributed by atoms with Crippen LogP contribution in [0.25, 0.3) is 10.8 Å². The van der Waals surface area contributed by atoms with Gasteiger partial charge in [0.25, 0.3) is 0 Å². The number of benzene rings is 4. The van der Waals surface area contributed by atoms with Gasteiger partial charge in [0.15, 0.2) is 6.04 Å². The quantitative estimate of drug-likeness (QED) is 0.252. The standard InChI is InChI=1S/C30H29NO2/c1-30(2,3)33-29(32)27(21-22-13-6-4-7-14-22)31-28(24-16-8-5-9-17-24)26-20-12-18-23-15-10-11-19-25(23)26/h4-20,27H,21H2,1-3H3/t27-/m0/s1. The number of carbonyl (C=O) groups excluding carboxylic acids is 1. The van der Waals surface area contributed by atoms with E-state index in [0.717, 1.165) is 33.2 Å². The van der Waals surface area contributed by atoms with Crippen LogP contribution in [0, 0.1) is 0 Å². The topological polar surface area (TPSA) is 38.7 Å². The molecule has 0 aliphatic carbocycles. The second-order valence-electron chi connectivity index (χ2n) is 9.11. The first-order valence-corrected chi connectivity index (χ1v) is 11.3. The van der Waals surface area contributed by atoms with Crippen LogP contribution in [0.5, 0.6) is 0 Å². The minimum atomic E-state index is -0.666. The van der Waals surface area contributed by atoms with E-state index in [0.29, 0.717) is 6.42 Å². The van der Waals surface area contributed by atoms with Crippen molar-refractivity contribution in [2.75, 3.05) is 0 Å². The second kappa shape index (κ2) is 9.83. The molecule has 0 aliphatic heterocycles. The summed E-state index contributed by atoms with van der Waals surface area (Å²) in [6, 6.07) is 33.8. The molecule has 3 heteroatoms. The number of hydrogen-bond donors (Lipinski definition) is 0. The van der Waals surface area contributed by atoms with Crippen molar-refractivity contribution in [2.45, 2.75) is 38.8 Å². The number of nitrogens with zero attached hydrogens (tertiary/aromatic N) is 1. The van der Waals surface area contributed by atoms with Crippen molar-refractivity contribution in [1.82, 2.24) is 0 Å². The summed E-state index contributed by atoms with van der Waals surface area (Å²) < 4.78 is 5.79. The molecule has 0 bridgehead atoms. The third-order valence-electron chi connectivity index (χ3n) is 5.33. The van der Waals surface area contributed by atoms with Gasteiger partial charge >= 0.3 is 5.97 Å². The van der Waals surface area contributed by atoms with Crippen molar-refractivity contribution >= 4 is 22.5 Å². The van der Waals surface area contributed by atoms with E-state index >= 15 is 0 Å². The lowest BCUT2D eigenvalue weighted by Crippen LogP contribution is -2.33. The Hall–Kier alpha value is -3.72. The summed E-state index contributed by atoms with van der Waals surface area (Å²) in [5.41, 5.74) is 3.21. The van der Waals surface area contributed by atoms with Crippen LogP contribution in [0.2, 0.25) is 0 Å². The fourth-order valence-electron chi connectivity index (χ4n) is 3.87. The van der Waals surface area contributed by atoms with E-state index in [1.807, 2.05) is 99.6 Å². The molecule has 33 heavy (non-hydrogen) atoms. The van der Waals surface area contributed by atoms with Gasteiger partial charge in [-0.1, -0.05) is 103 Å². The van der Waals surface area contributed by atoms with Crippen LogP contribution in [-0.4, -0.2) is 23.3 Å². The molecule has 4 aromatic rings. The SMILES string of the molecule is CC(C)(C)OC(=O)[C@H](Cc1ccccc1)N=C(c1ccccc1)c1cccc2ccccc12. The zero-order valence-electron chi connectivity index (χ0n) is 19.4. The molecule has 0 saturated heterocycles. The van der Waals surface area contributed by atoms with Crippen LogP contribution in [0.4, 0.5) is 0 Å². The maximum absolute atomic E-state index is 13.3. The number of esters is 1. The summed E-state index contributed by atoms with van der Waals surface area (Å²) in [5, 5.41) is 2.24. The highest BCUT2D eigenvalue weighted by molar-refractivity contribution is 6.19. The Morgan fingerprint density at radius 3 is 2.09 bits per heavy atom. The van der Waals surface area contributed by atoms with Crippen LogP contribution in [-0.2, 0) is 16.0 Å². The third kappa shape index (κ3) is 5.75. The van der Waals surface area contributed by atoms with Crippen molar-refractivity contribution in [2.24, 2.45) is 4.99 Å². The molecule has 166 valence electrons. The van der Waals surface area contributed by atoms with Crippen molar-refractivity contribution in [3.8, 4) is 0 Å². The third-order valence-corrected chi connectivity index (χ3v) is 5.33. The van der Waals surface area contributed by atoms with Gasteiger partial charge in [-0.2, -0.15) is 0 Å². The number of ether oxygens (including phenoxy) is 1. The van der Waals surface area contributed by atoms with E-state index in [1.165, 1.54) is 0 Å². The molecule has 0 heterocycles. The number of rotatable bonds is 6. The van der Waals surface area contributed by atoms with Gasteiger partial charge in [-0.15, -0.1) is 0 Å². The first kappa shape index (κ1) is 22.5. The fraction of sp³-hybridized carbons (Fsp3) is 0.200. The van der Waals surface area contributed by atoms with E-state index in [9.17, 15) is 4.79 Å². The number of carbonyl (C=O) groups is 1. The summed E-state index contributed by atoms with van der Waals surface area (Å²) in [6.45, 7) is 5.66. The van der Waals surface area contributed by atoms with Crippen LogP contribution in [0.3, 0.4) is 0 Å². The van der Waals surface area contributed by atoms with Crippen molar-refractivity contribution in [3.05, 3.63) is 120 Å². The molecular weight excluding hydrogens is 406 g/mol. The lowest BCUT2D eigenvalue weighted by Gasteiger charge is -2.23. The van der Waals surface area contributed by atoms with E-state index < -0.39 is 11.6 Å². The molecule has 0 N–H and O–H groups in total. The monoisotopic (exact) mass is 435 g/mol. The van der Waals surface area contributed by atoms with Gasteiger partial charge < -0.3 is 4.74 Å². The number of aliphatic imine (C=N–C) groups is 1. The molecule has 3 nitrogen and oxygen atoms in total. The van der Waals surface area contributed by atoms with Crippen LogP contribution < -0.4 is 0 Å². The molecule has 0 amide bonds. The lowest BCUT2D eigenvalue weighted by molar-refractivity contribution is -0.156. The first-order chi connectivity index (χ1) is 15.9. The van der Waals surface area contributed by atoms with E-state index in [1.54, 1.807) is 0 Å². The Morgan fingerprint density at radius 1 is 0.788 bits per heavy atom. The summed E-state index contributed by atoms with van der Waals surface area (Å²) in [4.78, 5) is 18.4. The van der Waals surface area contributed by atoms with Crippen molar-refractivity contribution in [1.29, 1.82) is 0 Å². The molecule has 4 aromatic carbocycles. The Bertz CT molecular complexity index is 1250. The predicted molar refractivity (Wildman–Crippen MR) is 136 cm³/mol. The van der Waals surface area contributed by atoms with E-state index in [-0.39, 0.29) is 5.97 Å². The Morgan fingerprint density at radius 2 is 1.39 bits per heavy atom. The highest BCUT2D eigenvalue weighted by Crippen LogP contribution is 2.24. The first-order valence-electron chi connectivity index (χ1n) is 11.3. The number of hydrogen-bond acceptors (Lipinski definition) is 3. The Kier molecular flexibility index (Phi) is 6.69. The molecule has 0 aromatic heterocycles. The fourth-order valence-corrected chi connectivity index (χ4v) is 3.87. The molecule has 0 aliphatic rings. The zero-order valence-corrected chi connectivity index (χ0v) is 19.4. The summed E-state index contributed by atoms with van der Waals surface area (Å²) >= 11 is 0. The maximum Gasteiger partial charge on any atom is 0.331 e. The molecule has 1 atom stereocenters. The van der Waals surface area contributed by atoms with Gasteiger partial charge in [-0.3, -0.25) is 4.99 Å². The molecule has 4 rings (SSSR count). The van der Waals surface area contributed by atoms with Gasteiger partial charge in [0.2, 0.25) is 0 Å². The van der Waals surface area contributed by atoms with Crippen molar-refractivity contribution in [3.63, 3.8) is 0 Å². The molecule has 0 radical (unpaired) electrons. The maximum atomic E-state index is 13.3. The van der Waals surface area contributed by atoms with Gasteiger partial charge in [-0.25, -0.2) is 4.79 Å². The summed E-state index contributed by atoms with van der Waals surface area (Å²) in [6.07, 6.45) is 0.469. The van der Waals surface area contributed by atoms with E-state index in [2.05, 4.69) is 24.3 Å². The summed E-state index contributed by atoms with van der Waals surface area (Å²) in [5.74, 6) is -0.319. The highest BCUT2D eigenvalue weighted by atomic mass is 16.6. The molecule has 0 spiro atoms. The highest BCUT2D eigenvalue weighted by Gasteiger charge is 2.26. The Balaban J connectivity index is 1.87. The van der Waals surface area contributed by atoms with Gasteiger partial charge in [0.1, 0.15) is 5.60 Å². The lowest BCUT2D eigenvalue weighted by atomic mass is 9.95. The minimum absolute atomic E-state index is 0.319. The molecule has 0 fully saturated rings. The van der Waals surface area contributed by atoms with Crippen LogP contribution in [0.15, 0.2) is 108 Å². The van der Waals surface area contributed by atoms with Gasteiger partial charge in [0, 0.05) is 17.5 Å². The van der Waals surface area contributed by atoms with Crippen LogP contribution >= 0.6 is 0 Å². The molecular formula is C30H29NO2. The smallest absolute Gasteiger partial charge is 0.331 e. The second-order valence-corrected chi connectivity index (χ2v) is 9.11. The largest absolute Gasteiger partial charge is 0.458 e. The van der Waals surface area contributed by atoms with Gasteiger partial charge in [0.05, 0.1) is 5.71 Å². The Labute approximate surface area is 195 Å².